The molecule has 130 valence electrons. The monoisotopic (exact) mass is 385 g/mol. The van der Waals surface area contributed by atoms with Gasteiger partial charge in [0.2, 0.25) is 0 Å². The summed E-state index contributed by atoms with van der Waals surface area (Å²) in [6.07, 6.45) is 0. The van der Waals surface area contributed by atoms with Crippen LogP contribution in [0.1, 0.15) is 9.67 Å². The topological polar surface area (TPSA) is 68.5 Å². The summed E-state index contributed by atoms with van der Waals surface area (Å²) in [7, 11) is 1.51. The van der Waals surface area contributed by atoms with E-state index in [2.05, 4.69) is 5.32 Å². The Hall–Kier alpha value is -2.83. The van der Waals surface area contributed by atoms with Crippen molar-refractivity contribution < 1.29 is 13.9 Å². The number of thiophene rings is 1. The van der Waals surface area contributed by atoms with E-state index in [-0.39, 0.29) is 5.91 Å². The van der Waals surface area contributed by atoms with Gasteiger partial charge in [0.25, 0.3) is 5.91 Å². The van der Waals surface area contributed by atoms with Crippen LogP contribution in [-0.4, -0.2) is 13.0 Å². The molecule has 0 bridgehead atoms. The van der Waals surface area contributed by atoms with Gasteiger partial charge in [-0.1, -0.05) is 23.7 Å². The molecule has 2 aromatic carbocycles. The van der Waals surface area contributed by atoms with Crippen LogP contribution in [0.2, 0.25) is 5.02 Å². The number of hydrogen-bond donors (Lipinski definition) is 1. The quantitative estimate of drug-likeness (QED) is 0.508. The van der Waals surface area contributed by atoms with Crippen molar-refractivity contribution in [2.75, 3.05) is 12.4 Å². The van der Waals surface area contributed by atoms with Gasteiger partial charge in [0.15, 0.2) is 0 Å². The lowest BCUT2D eigenvalue weighted by Crippen LogP contribution is -2.11. The first kappa shape index (κ1) is 16.6. The number of carbonyl (C=O) groups excluding carboxylic acids is 1. The number of anilines is 1. The summed E-state index contributed by atoms with van der Waals surface area (Å²) in [5.74, 6) is 0.143. The highest BCUT2D eigenvalue weighted by atomic mass is 35.5. The maximum atomic E-state index is 12.7. The number of halogens is 1. The summed E-state index contributed by atoms with van der Waals surface area (Å²) in [6.45, 7) is 0. The average Bonchev–Trinajstić information content (AvgIpc) is 3.08. The molecule has 0 aliphatic carbocycles. The first-order valence-electron chi connectivity index (χ1n) is 7.67. The van der Waals surface area contributed by atoms with E-state index in [0.717, 1.165) is 10.1 Å². The lowest BCUT2D eigenvalue weighted by molar-refractivity contribution is 0.103. The first-order valence-corrected chi connectivity index (χ1v) is 8.86. The SMILES string of the molecule is COc1ccc(Cl)cc1NC(=O)c1cc2c(=O)oc3ccccc3c2s1. The Morgan fingerprint density at radius 3 is 2.77 bits per heavy atom. The number of nitrogens with one attached hydrogen (secondary N) is 1. The minimum absolute atomic E-state index is 0.352. The van der Waals surface area contributed by atoms with E-state index in [9.17, 15) is 9.59 Å². The van der Waals surface area contributed by atoms with Crippen molar-refractivity contribution in [2.24, 2.45) is 0 Å². The Kier molecular flexibility index (Phi) is 4.14. The molecule has 0 aliphatic heterocycles. The van der Waals surface area contributed by atoms with E-state index < -0.39 is 5.63 Å². The molecule has 0 spiro atoms. The molecule has 1 N–H and O–H groups in total. The maximum Gasteiger partial charge on any atom is 0.345 e. The number of ether oxygens (including phenoxy) is 1. The van der Waals surface area contributed by atoms with Crippen LogP contribution in [0.5, 0.6) is 5.75 Å². The van der Waals surface area contributed by atoms with Crippen molar-refractivity contribution in [3.8, 4) is 5.75 Å². The first-order chi connectivity index (χ1) is 12.6. The predicted octanol–water partition coefficient (Wildman–Crippen LogP) is 4.92. The van der Waals surface area contributed by atoms with Crippen LogP contribution in [0.15, 0.2) is 57.7 Å². The second-order valence-electron chi connectivity index (χ2n) is 5.54. The van der Waals surface area contributed by atoms with E-state index in [1.165, 1.54) is 18.4 Å². The number of carbonyl (C=O) groups is 1. The predicted molar refractivity (Wildman–Crippen MR) is 104 cm³/mol. The van der Waals surface area contributed by atoms with Gasteiger partial charge in [0, 0.05) is 10.4 Å². The third-order valence-electron chi connectivity index (χ3n) is 3.92. The number of hydrogen-bond acceptors (Lipinski definition) is 5. The van der Waals surface area contributed by atoms with Gasteiger partial charge in [-0.25, -0.2) is 4.79 Å². The van der Waals surface area contributed by atoms with Crippen LogP contribution < -0.4 is 15.7 Å². The second kappa shape index (κ2) is 6.48. The highest BCUT2D eigenvalue weighted by Crippen LogP contribution is 2.32. The second-order valence-corrected chi connectivity index (χ2v) is 7.03. The zero-order valence-electron chi connectivity index (χ0n) is 13.5. The summed E-state index contributed by atoms with van der Waals surface area (Å²) in [5, 5.41) is 4.44. The van der Waals surface area contributed by atoms with Gasteiger partial charge in [-0.05, 0) is 36.4 Å². The largest absolute Gasteiger partial charge is 0.495 e. The lowest BCUT2D eigenvalue weighted by Gasteiger charge is -2.09. The third-order valence-corrected chi connectivity index (χ3v) is 5.32. The molecular formula is C19H12ClNO4S. The fraction of sp³-hybridized carbons (Fsp3) is 0.0526. The zero-order chi connectivity index (χ0) is 18.3. The Morgan fingerprint density at radius 1 is 1.15 bits per heavy atom. The number of amides is 1. The zero-order valence-corrected chi connectivity index (χ0v) is 15.1. The van der Waals surface area contributed by atoms with Crippen LogP contribution in [-0.2, 0) is 0 Å². The molecule has 5 nitrogen and oxygen atoms in total. The summed E-state index contributed by atoms with van der Waals surface area (Å²) < 4.78 is 11.3. The average molecular weight is 386 g/mol. The third kappa shape index (κ3) is 2.83. The van der Waals surface area contributed by atoms with Gasteiger partial charge in [0.1, 0.15) is 11.3 Å². The van der Waals surface area contributed by atoms with Gasteiger partial charge in [-0.3, -0.25) is 4.79 Å². The summed E-state index contributed by atoms with van der Waals surface area (Å²) in [5.41, 5.74) is 0.490. The molecule has 0 radical (unpaired) electrons. The van der Waals surface area contributed by atoms with Gasteiger partial charge < -0.3 is 14.5 Å². The number of rotatable bonds is 3. The van der Waals surface area contributed by atoms with Crippen molar-refractivity contribution in [1.29, 1.82) is 0 Å². The molecule has 2 heterocycles. The molecule has 4 aromatic rings. The molecule has 0 unspecified atom stereocenters. The Balaban J connectivity index is 1.79. The molecular weight excluding hydrogens is 374 g/mol. The summed E-state index contributed by atoms with van der Waals surface area (Å²) in [4.78, 5) is 25.3. The van der Waals surface area contributed by atoms with Gasteiger partial charge in [-0.2, -0.15) is 0 Å². The lowest BCUT2D eigenvalue weighted by atomic mass is 10.2. The normalized spacial score (nSPS) is 11.0. The van der Waals surface area contributed by atoms with Crippen LogP contribution in [0, 0.1) is 0 Å². The number of para-hydroxylation sites is 1. The number of fused-ring (bicyclic) bond motifs is 3. The minimum Gasteiger partial charge on any atom is -0.495 e. The molecule has 0 aliphatic rings. The highest BCUT2D eigenvalue weighted by Gasteiger charge is 2.17. The fourth-order valence-corrected chi connectivity index (χ4v) is 3.96. The van der Waals surface area contributed by atoms with Crippen molar-refractivity contribution >= 4 is 55.6 Å². The van der Waals surface area contributed by atoms with Gasteiger partial charge in [-0.15, -0.1) is 11.3 Å². The molecule has 2 aromatic heterocycles. The molecule has 0 atom stereocenters. The van der Waals surface area contributed by atoms with Gasteiger partial charge in [0.05, 0.1) is 27.8 Å². The van der Waals surface area contributed by atoms with E-state index in [4.69, 9.17) is 20.8 Å². The van der Waals surface area contributed by atoms with E-state index >= 15 is 0 Å². The Bertz CT molecular complexity index is 1210. The van der Waals surface area contributed by atoms with Crippen molar-refractivity contribution in [2.45, 2.75) is 0 Å². The molecule has 0 saturated heterocycles. The minimum atomic E-state index is -0.464. The summed E-state index contributed by atoms with van der Waals surface area (Å²) >= 11 is 7.24. The molecule has 0 fully saturated rings. The van der Waals surface area contributed by atoms with Crippen molar-refractivity contribution in [3.63, 3.8) is 0 Å². The van der Waals surface area contributed by atoms with E-state index in [1.807, 2.05) is 12.1 Å². The maximum absolute atomic E-state index is 12.7. The number of methoxy groups -OCH3 is 1. The van der Waals surface area contributed by atoms with Crippen molar-refractivity contribution in [3.05, 3.63) is 68.9 Å². The van der Waals surface area contributed by atoms with Crippen LogP contribution in [0.25, 0.3) is 21.1 Å². The van der Waals surface area contributed by atoms with Crippen LogP contribution in [0.4, 0.5) is 5.69 Å². The molecule has 4 rings (SSSR count). The van der Waals surface area contributed by atoms with E-state index in [1.54, 1.807) is 36.4 Å². The number of benzene rings is 2. The molecule has 1 amide bonds. The Labute approximate surface area is 156 Å². The van der Waals surface area contributed by atoms with E-state index in [0.29, 0.717) is 32.3 Å². The summed E-state index contributed by atoms with van der Waals surface area (Å²) in [6, 6.07) is 13.7. The van der Waals surface area contributed by atoms with Crippen LogP contribution >= 0.6 is 22.9 Å². The highest BCUT2D eigenvalue weighted by molar-refractivity contribution is 7.21. The fourth-order valence-electron chi connectivity index (χ4n) is 2.71. The van der Waals surface area contributed by atoms with Crippen molar-refractivity contribution in [1.82, 2.24) is 0 Å². The smallest absolute Gasteiger partial charge is 0.345 e. The molecule has 7 heteroatoms. The molecule has 0 saturated carbocycles. The van der Waals surface area contributed by atoms with Gasteiger partial charge >= 0.3 is 5.63 Å². The van der Waals surface area contributed by atoms with Crippen LogP contribution in [0.3, 0.4) is 0 Å². The Morgan fingerprint density at radius 2 is 1.96 bits per heavy atom. The molecule has 26 heavy (non-hydrogen) atoms. The standard InChI is InChI=1S/C19H12ClNO4S/c1-24-15-7-6-10(20)8-13(15)21-18(22)16-9-12-17(26-16)11-4-2-3-5-14(11)25-19(12)23/h2-9H,1H3,(H,21,22).